The Morgan fingerprint density at radius 3 is 2.40 bits per heavy atom. The maximum atomic E-state index is 12.7. The van der Waals surface area contributed by atoms with Gasteiger partial charge in [-0.3, -0.25) is 4.57 Å². The van der Waals surface area contributed by atoms with E-state index in [1.54, 1.807) is 36.5 Å². The molecule has 5 rings (SSSR count). The summed E-state index contributed by atoms with van der Waals surface area (Å²) in [5.41, 5.74) is 9.62. The fourth-order valence-corrected chi connectivity index (χ4v) is 6.16. The molecule has 0 radical (unpaired) electrons. The molecule has 8 heteroatoms. The standard InChI is InChI=1S/C27H30N3O4P/c1-27(2)25(30-24-23(28)16-17-29-26(24)33-27)20-10-8-18(9-11-20)19-12-14-21(15-13-19)34-35(31,32)22-6-4-3-5-7-22/h3-11,16-17,19,21H,12-15H2,1-2H3,(H2,28,29)(H,31,32). The molecule has 1 aliphatic heterocycles. The Labute approximate surface area is 205 Å². The summed E-state index contributed by atoms with van der Waals surface area (Å²) < 4.78 is 24.5. The van der Waals surface area contributed by atoms with Gasteiger partial charge in [0.1, 0.15) is 11.3 Å². The summed E-state index contributed by atoms with van der Waals surface area (Å²) in [5, 5.41) is 0.343. The van der Waals surface area contributed by atoms with Crippen molar-refractivity contribution in [3.05, 3.63) is 78.0 Å². The first kappa shape index (κ1) is 23.7. The highest BCUT2D eigenvalue weighted by Gasteiger charge is 2.35. The zero-order valence-electron chi connectivity index (χ0n) is 19.9. The van der Waals surface area contributed by atoms with Gasteiger partial charge in [0.15, 0.2) is 0 Å². The Bertz CT molecular complexity index is 1280. The van der Waals surface area contributed by atoms with Crippen LogP contribution in [0.15, 0.2) is 71.9 Å². The topological polar surface area (TPSA) is 107 Å². The van der Waals surface area contributed by atoms with E-state index in [1.165, 1.54) is 5.56 Å². The molecule has 182 valence electrons. The Kier molecular flexibility index (Phi) is 6.26. The van der Waals surface area contributed by atoms with Crippen LogP contribution in [0.25, 0.3) is 0 Å². The molecule has 7 nitrogen and oxygen atoms in total. The van der Waals surface area contributed by atoms with Crippen molar-refractivity contribution in [2.45, 2.75) is 57.2 Å². The third kappa shape index (κ3) is 4.90. The predicted octanol–water partition coefficient (Wildman–Crippen LogP) is 5.51. The van der Waals surface area contributed by atoms with Gasteiger partial charge in [0.25, 0.3) is 0 Å². The van der Waals surface area contributed by atoms with Gasteiger partial charge < -0.3 is 19.9 Å². The number of nitrogens with two attached hydrogens (primary N) is 1. The molecule has 1 aliphatic carbocycles. The van der Waals surface area contributed by atoms with E-state index in [-0.39, 0.29) is 6.10 Å². The van der Waals surface area contributed by atoms with Gasteiger partial charge >= 0.3 is 7.60 Å². The Hall–Kier alpha value is -2.99. The molecule has 2 aliphatic rings. The van der Waals surface area contributed by atoms with Crippen molar-refractivity contribution < 1.29 is 18.7 Å². The second kappa shape index (κ2) is 9.23. The Morgan fingerprint density at radius 2 is 1.71 bits per heavy atom. The summed E-state index contributed by atoms with van der Waals surface area (Å²) in [4.78, 5) is 19.5. The average molecular weight is 492 g/mol. The lowest BCUT2D eigenvalue weighted by atomic mass is 9.82. The van der Waals surface area contributed by atoms with Crippen molar-refractivity contribution in [1.82, 2.24) is 4.98 Å². The van der Waals surface area contributed by atoms with Crippen LogP contribution >= 0.6 is 7.60 Å². The fraction of sp³-hybridized carbons (Fsp3) is 0.333. The molecule has 1 atom stereocenters. The maximum Gasteiger partial charge on any atom is 0.359 e. The molecule has 35 heavy (non-hydrogen) atoms. The number of aromatic nitrogens is 1. The highest BCUT2D eigenvalue weighted by atomic mass is 31.2. The van der Waals surface area contributed by atoms with Crippen LogP contribution in [0.3, 0.4) is 0 Å². The highest BCUT2D eigenvalue weighted by Crippen LogP contribution is 2.46. The van der Waals surface area contributed by atoms with Gasteiger partial charge in [-0.15, -0.1) is 0 Å². The van der Waals surface area contributed by atoms with E-state index in [2.05, 4.69) is 29.2 Å². The Balaban J connectivity index is 1.26. The first-order valence-electron chi connectivity index (χ1n) is 11.9. The maximum absolute atomic E-state index is 12.7. The second-order valence-electron chi connectivity index (χ2n) is 9.68. The second-order valence-corrected chi connectivity index (χ2v) is 11.5. The van der Waals surface area contributed by atoms with Crippen molar-refractivity contribution in [2.75, 3.05) is 5.73 Å². The van der Waals surface area contributed by atoms with Crippen LogP contribution in [0, 0.1) is 0 Å². The largest absolute Gasteiger partial charge is 0.463 e. The molecular weight excluding hydrogens is 461 g/mol. The smallest absolute Gasteiger partial charge is 0.359 e. The molecule has 0 amide bonds. The molecule has 2 aromatic carbocycles. The molecule has 3 aromatic rings. The van der Waals surface area contributed by atoms with Crippen molar-refractivity contribution in [3.8, 4) is 5.88 Å². The predicted molar refractivity (Wildman–Crippen MR) is 138 cm³/mol. The summed E-state index contributed by atoms with van der Waals surface area (Å²) in [7, 11) is -3.81. The van der Waals surface area contributed by atoms with Crippen LogP contribution in [0.2, 0.25) is 0 Å². The van der Waals surface area contributed by atoms with Gasteiger partial charge in [0.2, 0.25) is 5.88 Å². The van der Waals surface area contributed by atoms with Crippen LogP contribution < -0.4 is 15.8 Å². The number of aliphatic imine (C=N–C) groups is 1. The van der Waals surface area contributed by atoms with E-state index >= 15 is 0 Å². The minimum absolute atomic E-state index is 0.213. The van der Waals surface area contributed by atoms with E-state index in [4.69, 9.17) is 20.0 Å². The first-order chi connectivity index (χ1) is 16.7. The van der Waals surface area contributed by atoms with E-state index in [0.717, 1.165) is 37.0 Å². The number of anilines is 1. The number of nitrogens with zero attached hydrogens (tertiary/aromatic N) is 2. The van der Waals surface area contributed by atoms with E-state index < -0.39 is 13.2 Å². The van der Waals surface area contributed by atoms with Gasteiger partial charge in [-0.05, 0) is 69.2 Å². The SMILES string of the molecule is CC1(C)Oc2nccc(N)c2N=C1c1ccc(C2CCC(OP(=O)(O)c3ccccc3)CC2)cc1. The average Bonchev–Trinajstić information content (AvgIpc) is 2.84. The molecule has 1 fully saturated rings. The number of hydrogen-bond donors (Lipinski definition) is 2. The van der Waals surface area contributed by atoms with Crippen molar-refractivity contribution >= 4 is 30.0 Å². The van der Waals surface area contributed by atoms with Gasteiger partial charge in [-0.1, -0.05) is 42.5 Å². The van der Waals surface area contributed by atoms with Crippen LogP contribution in [0.4, 0.5) is 11.4 Å². The summed E-state index contributed by atoms with van der Waals surface area (Å²) in [6.07, 6.45) is 4.73. The normalized spacial score (nSPS) is 22.9. The summed E-state index contributed by atoms with van der Waals surface area (Å²) in [6, 6.07) is 18.8. The number of ether oxygens (including phenoxy) is 1. The van der Waals surface area contributed by atoms with Crippen molar-refractivity contribution in [2.24, 2.45) is 4.99 Å². The number of hydrogen-bond acceptors (Lipinski definition) is 6. The number of benzene rings is 2. The van der Waals surface area contributed by atoms with E-state index in [0.29, 0.717) is 28.5 Å². The molecule has 2 heterocycles. The lowest BCUT2D eigenvalue weighted by Crippen LogP contribution is -2.41. The minimum atomic E-state index is -3.81. The number of nitrogen functional groups attached to an aromatic ring is 1. The molecule has 1 unspecified atom stereocenters. The fourth-order valence-electron chi connectivity index (χ4n) is 4.88. The zero-order valence-corrected chi connectivity index (χ0v) is 20.8. The number of fused-ring (bicyclic) bond motifs is 1. The van der Waals surface area contributed by atoms with Crippen LogP contribution in [0.5, 0.6) is 5.88 Å². The minimum Gasteiger partial charge on any atom is -0.463 e. The number of pyridine rings is 1. The molecule has 0 bridgehead atoms. The molecular formula is C27H30N3O4P. The first-order valence-corrected chi connectivity index (χ1v) is 13.5. The van der Waals surface area contributed by atoms with E-state index in [9.17, 15) is 9.46 Å². The van der Waals surface area contributed by atoms with Crippen molar-refractivity contribution in [3.63, 3.8) is 0 Å². The lowest BCUT2D eigenvalue weighted by molar-refractivity contribution is 0.133. The lowest BCUT2D eigenvalue weighted by Gasteiger charge is -2.32. The van der Waals surface area contributed by atoms with E-state index in [1.807, 2.05) is 19.9 Å². The van der Waals surface area contributed by atoms with Crippen LogP contribution in [0.1, 0.15) is 56.6 Å². The van der Waals surface area contributed by atoms with Crippen LogP contribution in [-0.4, -0.2) is 27.3 Å². The quantitative estimate of drug-likeness (QED) is 0.456. The molecule has 0 saturated heterocycles. The monoisotopic (exact) mass is 491 g/mol. The molecule has 1 aromatic heterocycles. The Morgan fingerprint density at radius 1 is 1.03 bits per heavy atom. The van der Waals surface area contributed by atoms with Gasteiger partial charge in [0.05, 0.1) is 22.8 Å². The molecule has 0 spiro atoms. The molecule has 1 saturated carbocycles. The van der Waals surface area contributed by atoms with Gasteiger partial charge in [-0.2, -0.15) is 0 Å². The van der Waals surface area contributed by atoms with Gasteiger partial charge in [0, 0.05) is 11.8 Å². The highest BCUT2D eigenvalue weighted by molar-refractivity contribution is 7.61. The third-order valence-corrected chi connectivity index (χ3v) is 8.31. The summed E-state index contributed by atoms with van der Waals surface area (Å²) in [6.45, 7) is 3.95. The summed E-state index contributed by atoms with van der Waals surface area (Å²) >= 11 is 0. The van der Waals surface area contributed by atoms with Crippen LogP contribution in [-0.2, 0) is 9.09 Å². The number of rotatable bonds is 5. The third-order valence-electron chi connectivity index (χ3n) is 6.77. The van der Waals surface area contributed by atoms with Gasteiger partial charge in [-0.25, -0.2) is 9.98 Å². The molecule has 3 N–H and O–H groups in total. The van der Waals surface area contributed by atoms with Crippen molar-refractivity contribution in [1.29, 1.82) is 0 Å². The summed E-state index contributed by atoms with van der Waals surface area (Å²) in [5.74, 6) is 0.839. The zero-order chi connectivity index (χ0) is 24.6.